The van der Waals surface area contributed by atoms with E-state index in [9.17, 15) is 9.59 Å². The molecule has 262 valence electrons. The Morgan fingerprint density at radius 3 is 2.46 bits per heavy atom. The van der Waals surface area contributed by atoms with Crippen molar-refractivity contribution in [1.82, 2.24) is 20.2 Å². The van der Waals surface area contributed by atoms with Crippen molar-refractivity contribution in [3.63, 3.8) is 0 Å². The normalized spacial score (nSPS) is 16.5. The van der Waals surface area contributed by atoms with Crippen LogP contribution >= 0.6 is 11.6 Å². The van der Waals surface area contributed by atoms with E-state index in [4.69, 9.17) is 21.1 Å². The number of nitrogens with zero attached hydrogens (tertiary/aromatic N) is 3. The quantitative estimate of drug-likeness (QED) is 0.144. The number of aryl methyl sites for hydroxylation is 2. The molecule has 50 heavy (non-hydrogen) atoms. The average molecular weight is 701 g/mol. The number of carbonyl (C=O) groups is 2. The maximum Gasteiger partial charge on any atom is 0.262 e. The maximum absolute atomic E-state index is 15.1. The molecule has 2 fully saturated rings. The number of piperidine rings is 1. The van der Waals surface area contributed by atoms with Crippen LogP contribution in [0.5, 0.6) is 17.4 Å². The van der Waals surface area contributed by atoms with Crippen LogP contribution in [0.3, 0.4) is 0 Å². The number of benzene rings is 3. The molecule has 1 aliphatic heterocycles. The highest BCUT2D eigenvalue weighted by Crippen LogP contribution is 2.33. The molecule has 2 amide bonds. The number of carbonyl (C=O) groups excluding carboxylic acids is 2. The van der Waals surface area contributed by atoms with Crippen molar-refractivity contribution in [2.45, 2.75) is 58.4 Å². The molecule has 0 bridgehead atoms. The zero-order valence-electron chi connectivity index (χ0n) is 28.5. The Balaban J connectivity index is 1.22. The third kappa shape index (κ3) is 8.70. The third-order valence-corrected chi connectivity index (χ3v) is 9.49. The summed E-state index contributed by atoms with van der Waals surface area (Å²) in [7, 11) is 2.08. The molecule has 6 rings (SSSR count). The highest BCUT2D eigenvalue weighted by molar-refractivity contribution is 6.32. The number of hydrogen-bond acceptors (Lipinski definition) is 8. The predicted octanol–water partition coefficient (Wildman–Crippen LogP) is 8.07. The first-order chi connectivity index (χ1) is 24.1. The molecular weight excluding hydrogens is 659 g/mol. The molecule has 10 nitrogen and oxygen atoms in total. The van der Waals surface area contributed by atoms with Crippen LogP contribution in [-0.4, -0.2) is 59.5 Å². The molecule has 12 heteroatoms. The number of ether oxygens (including phenoxy) is 2. The van der Waals surface area contributed by atoms with Crippen LogP contribution in [0.2, 0.25) is 5.02 Å². The molecule has 0 spiro atoms. The van der Waals surface area contributed by atoms with Gasteiger partial charge in [0.2, 0.25) is 11.8 Å². The minimum Gasteiger partial charge on any atom is -0.490 e. The van der Waals surface area contributed by atoms with Crippen LogP contribution in [0, 0.1) is 25.6 Å². The molecule has 1 saturated heterocycles. The first-order valence-corrected chi connectivity index (χ1v) is 17.4. The van der Waals surface area contributed by atoms with E-state index >= 15 is 4.39 Å². The van der Waals surface area contributed by atoms with Gasteiger partial charge < -0.3 is 30.3 Å². The minimum atomic E-state index is -0.524. The molecular formula is C38H42ClFN6O4. The Bertz CT molecular complexity index is 1850. The monoisotopic (exact) mass is 700 g/mol. The van der Waals surface area contributed by atoms with Gasteiger partial charge in [0, 0.05) is 47.7 Å². The summed E-state index contributed by atoms with van der Waals surface area (Å²) in [5, 5.41) is 9.15. The second-order valence-electron chi connectivity index (χ2n) is 13.2. The number of aromatic nitrogens is 2. The van der Waals surface area contributed by atoms with Crippen molar-refractivity contribution in [2.24, 2.45) is 5.92 Å². The topological polar surface area (TPSA) is 118 Å². The van der Waals surface area contributed by atoms with Gasteiger partial charge in [0.15, 0.2) is 11.6 Å². The van der Waals surface area contributed by atoms with Gasteiger partial charge in [-0.3, -0.25) is 9.59 Å². The van der Waals surface area contributed by atoms with Crippen LogP contribution in [0.15, 0.2) is 60.8 Å². The van der Waals surface area contributed by atoms with Crippen molar-refractivity contribution in [3.05, 3.63) is 93.9 Å². The zero-order valence-corrected chi connectivity index (χ0v) is 29.3. The number of halogens is 2. The van der Waals surface area contributed by atoms with Crippen LogP contribution < -0.4 is 25.4 Å². The Labute approximate surface area is 296 Å². The second kappa shape index (κ2) is 15.9. The molecule has 0 radical (unpaired) electrons. The Morgan fingerprint density at radius 1 is 0.980 bits per heavy atom. The fraction of sp³-hybridized carbons (Fsp3) is 0.368. The summed E-state index contributed by atoms with van der Waals surface area (Å²) >= 11 is 6.61. The number of likely N-dealkylation sites (tertiary alicyclic amines) is 1. The number of anilines is 3. The summed E-state index contributed by atoms with van der Waals surface area (Å²) in [6.45, 7) is 6.23. The van der Waals surface area contributed by atoms with E-state index in [0.29, 0.717) is 29.5 Å². The van der Waals surface area contributed by atoms with E-state index in [0.717, 1.165) is 62.7 Å². The lowest BCUT2D eigenvalue weighted by Gasteiger charge is -2.29. The molecule has 3 aromatic carbocycles. The van der Waals surface area contributed by atoms with E-state index in [1.807, 2.05) is 32.0 Å². The maximum atomic E-state index is 15.1. The lowest BCUT2D eigenvalue weighted by atomic mass is 10.00. The summed E-state index contributed by atoms with van der Waals surface area (Å²) in [5.41, 5.74) is 3.25. The number of rotatable bonds is 11. The van der Waals surface area contributed by atoms with E-state index in [1.165, 1.54) is 18.3 Å². The summed E-state index contributed by atoms with van der Waals surface area (Å²) in [5.74, 6) is -0.554. The van der Waals surface area contributed by atoms with Gasteiger partial charge in [-0.1, -0.05) is 42.6 Å². The number of amides is 2. The molecule has 4 aromatic rings. The average Bonchev–Trinajstić information content (AvgIpc) is 3.60. The molecule has 1 unspecified atom stereocenters. The molecule has 1 aromatic heterocycles. The molecule has 2 aliphatic rings. The minimum absolute atomic E-state index is 0.0422. The van der Waals surface area contributed by atoms with Crippen molar-refractivity contribution >= 4 is 40.7 Å². The first kappa shape index (κ1) is 35.1. The fourth-order valence-electron chi connectivity index (χ4n) is 6.46. The molecule has 1 aliphatic carbocycles. The van der Waals surface area contributed by atoms with E-state index in [2.05, 4.69) is 37.9 Å². The SMILES string of the molecule is Cc1cccc(C)c1NC(=O)c1cnc(Nc2ccc(OCC3CCCN(C)C3)c(F)c2)nc1Oc1ccc(C(=O)NC2CCCC2)cc1Cl. The van der Waals surface area contributed by atoms with Crippen molar-refractivity contribution in [1.29, 1.82) is 0 Å². The zero-order chi connectivity index (χ0) is 35.2. The summed E-state index contributed by atoms with van der Waals surface area (Å²) in [6, 6.07) is 15.1. The van der Waals surface area contributed by atoms with E-state index < -0.39 is 11.7 Å². The predicted molar refractivity (Wildman–Crippen MR) is 193 cm³/mol. The number of para-hydroxylation sites is 1. The lowest BCUT2D eigenvalue weighted by Crippen LogP contribution is -2.34. The second-order valence-corrected chi connectivity index (χ2v) is 13.6. The van der Waals surface area contributed by atoms with Gasteiger partial charge in [0.05, 0.1) is 11.6 Å². The standard InChI is InChI=1S/C38H42ClFN6O4/c1-23-8-6-9-24(2)34(23)44-36(48)29-20-41-38(43-28-14-16-33(31(40)19-28)49-22-25-10-7-17-46(3)21-25)45-37(29)50-32-15-13-26(18-30(32)39)35(47)42-27-11-4-5-12-27/h6,8-9,13-16,18-20,25,27H,4-5,7,10-12,17,21-22H2,1-3H3,(H,42,47)(H,44,48)(H,41,43,45). The van der Waals surface area contributed by atoms with Crippen molar-refractivity contribution < 1.29 is 23.5 Å². The van der Waals surface area contributed by atoms with Crippen molar-refractivity contribution in [2.75, 3.05) is 37.4 Å². The fourth-order valence-corrected chi connectivity index (χ4v) is 6.68. The molecule has 3 N–H and O–H groups in total. The largest absolute Gasteiger partial charge is 0.490 e. The van der Waals surface area contributed by atoms with Gasteiger partial charge in [-0.15, -0.1) is 0 Å². The van der Waals surface area contributed by atoms with Crippen molar-refractivity contribution in [3.8, 4) is 17.4 Å². The Morgan fingerprint density at radius 2 is 1.74 bits per heavy atom. The van der Waals surface area contributed by atoms with Gasteiger partial charge in [-0.25, -0.2) is 9.37 Å². The van der Waals surface area contributed by atoms with Crippen LogP contribution in [-0.2, 0) is 0 Å². The number of hydrogen-bond donors (Lipinski definition) is 3. The summed E-state index contributed by atoms with van der Waals surface area (Å²) in [6.07, 6.45) is 7.60. The highest BCUT2D eigenvalue weighted by atomic mass is 35.5. The van der Waals surface area contributed by atoms with E-state index in [1.54, 1.807) is 24.3 Å². The third-order valence-electron chi connectivity index (χ3n) is 9.19. The highest BCUT2D eigenvalue weighted by Gasteiger charge is 2.23. The molecule has 2 heterocycles. The molecule has 1 atom stereocenters. The van der Waals surface area contributed by atoms with Gasteiger partial charge in [-0.2, -0.15) is 4.98 Å². The lowest BCUT2D eigenvalue weighted by molar-refractivity contribution is 0.0937. The van der Waals surface area contributed by atoms with Gasteiger partial charge in [0.25, 0.3) is 11.8 Å². The number of nitrogens with one attached hydrogen (secondary N) is 3. The van der Waals surface area contributed by atoms with Crippen LogP contribution in [0.1, 0.15) is 70.4 Å². The first-order valence-electron chi connectivity index (χ1n) is 17.0. The Kier molecular flexibility index (Phi) is 11.1. The smallest absolute Gasteiger partial charge is 0.262 e. The van der Waals surface area contributed by atoms with Gasteiger partial charge >= 0.3 is 0 Å². The van der Waals surface area contributed by atoms with Crippen LogP contribution in [0.25, 0.3) is 0 Å². The van der Waals surface area contributed by atoms with E-state index in [-0.39, 0.29) is 45.9 Å². The summed E-state index contributed by atoms with van der Waals surface area (Å²) < 4.78 is 27.1. The van der Waals surface area contributed by atoms with Gasteiger partial charge in [0.1, 0.15) is 11.3 Å². The Hall–Kier alpha value is -4.74. The van der Waals surface area contributed by atoms with Crippen LogP contribution in [0.4, 0.5) is 21.7 Å². The molecule has 1 saturated carbocycles. The van der Waals surface area contributed by atoms with Gasteiger partial charge in [-0.05, 0) is 94.6 Å². The summed E-state index contributed by atoms with van der Waals surface area (Å²) in [4.78, 5) is 37.6.